The van der Waals surface area contributed by atoms with Crippen LogP contribution in [0.25, 0.3) is 6.08 Å². The molecular weight excluding hydrogens is 394 g/mol. The van der Waals surface area contributed by atoms with Crippen LogP contribution in [0.3, 0.4) is 0 Å². The summed E-state index contributed by atoms with van der Waals surface area (Å²) in [5.74, 6) is 0.323. The van der Waals surface area contributed by atoms with Gasteiger partial charge in [0.1, 0.15) is 20.7 Å². The first-order chi connectivity index (χ1) is 12.4. The first kappa shape index (κ1) is 18.4. The number of nitrogens with one attached hydrogen (secondary N) is 1. The number of thioether (sulfide) groups is 1. The minimum atomic E-state index is -4.04. The molecule has 26 heavy (non-hydrogen) atoms. The van der Waals surface area contributed by atoms with Crippen molar-refractivity contribution in [2.45, 2.75) is 4.90 Å². The van der Waals surface area contributed by atoms with Crippen molar-refractivity contribution in [2.75, 3.05) is 7.11 Å². The molecule has 2 aromatic rings. The van der Waals surface area contributed by atoms with E-state index in [1.165, 1.54) is 43.5 Å². The van der Waals surface area contributed by atoms with Gasteiger partial charge >= 0.3 is 10.1 Å². The van der Waals surface area contributed by atoms with E-state index in [9.17, 15) is 13.2 Å². The molecule has 0 aliphatic carbocycles. The van der Waals surface area contributed by atoms with Crippen LogP contribution in [0.15, 0.2) is 58.3 Å². The van der Waals surface area contributed by atoms with E-state index in [1.807, 2.05) is 0 Å². The largest absolute Gasteiger partial charge is 0.497 e. The highest BCUT2D eigenvalue weighted by Gasteiger charge is 2.23. The number of benzene rings is 2. The number of ether oxygens (including phenoxy) is 1. The van der Waals surface area contributed by atoms with Crippen LogP contribution in [0, 0.1) is 0 Å². The van der Waals surface area contributed by atoms with Crippen molar-refractivity contribution in [1.82, 2.24) is 5.32 Å². The zero-order valence-electron chi connectivity index (χ0n) is 13.5. The molecule has 1 saturated heterocycles. The fourth-order valence-corrected chi connectivity index (χ4v) is 4.14. The highest BCUT2D eigenvalue weighted by atomic mass is 32.2. The Morgan fingerprint density at radius 1 is 1.12 bits per heavy atom. The molecule has 2 aromatic carbocycles. The van der Waals surface area contributed by atoms with Gasteiger partial charge in [0.25, 0.3) is 5.91 Å². The van der Waals surface area contributed by atoms with Gasteiger partial charge in [0, 0.05) is 5.56 Å². The molecule has 1 aliphatic rings. The molecule has 9 heteroatoms. The van der Waals surface area contributed by atoms with Crippen LogP contribution in [-0.4, -0.2) is 25.8 Å². The van der Waals surface area contributed by atoms with E-state index in [1.54, 1.807) is 18.2 Å². The van der Waals surface area contributed by atoms with Crippen molar-refractivity contribution in [1.29, 1.82) is 0 Å². The summed E-state index contributed by atoms with van der Waals surface area (Å²) in [4.78, 5) is 12.2. The summed E-state index contributed by atoms with van der Waals surface area (Å²) in [7, 11) is -2.54. The second kappa shape index (κ2) is 7.48. The summed E-state index contributed by atoms with van der Waals surface area (Å²) in [6.07, 6.45) is 1.54. The van der Waals surface area contributed by atoms with Gasteiger partial charge in [-0.3, -0.25) is 4.79 Å². The lowest BCUT2D eigenvalue weighted by Crippen LogP contribution is -2.17. The predicted molar refractivity (Wildman–Crippen MR) is 104 cm³/mol. The van der Waals surface area contributed by atoms with Crippen LogP contribution >= 0.6 is 24.0 Å². The maximum Gasteiger partial charge on any atom is 0.339 e. The third-order valence-corrected chi connectivity index (χ3v) is 5.81. The normalized spacial score (nSPS) is 15.8. The Bertz CT molecular complexity index is 997. The Kier molecular flexibility index (Phi) is 5.30. The van der Waals surface area contributed by atoms with Crippen LogP contribution in [0.2, 0.25) is 0 Å². The number of carbonyl (C=O) groups is 1. The maximum absolute atomic E-state index is 12.5. The first-order valence-corrected chi connectivity index (χ1v) is 9.95. The lowest BCUT2D eigenvalue weighted by atomic mass is 10.2. The summed E-state index contributed by atoms with van der Waals surface area (Å²) in [6, 6.07) is 12.4. The van der Waals surface area contributed by atoms with E-state index in [-0.39, 0.29) is 16.6 Å². The van der Waals surface area contributed by atoms with Crippen molar-refractivity contribution in [3.05, 3.63) is 59.0 Å². The number of carbonyl (C=O) groups excluding carboxylic acids is 1. The molecule has 0 aromatic heterocycles. The molecule has 0 spiro atoms. The summed E-state index contributed by atoms with van der Waals surface area (Å²) >= 11 is 6.06. The van der Waals surface area contributed by atoms with Crippen molar-refractivity contribution in [3.63, 3.8) is 0 Å². The third kappa shape index (κ3) is 4.06. The first-order valence-electron chi connectivity index (χ1n) is 7.31. The molecule has 1 N–H and O–H groups in total. The highest BCUT2D eigenvalue weighted by Crippen LogP contribution is 2.30. The fourth-order valence-electron chi connectivity index (χ4n) is 2.15. The molecule has 1 amide bonds. The summed E-state index contributed by atoms with van der Waals surface area (Å²) in [5, 5.41) is 2.51. The van der Waals surface area contributed by atoms with E-state index < -0.39 is 10.1 Å². The molecule has 0 radical (unpaired) electrons. The minimum absolute atomic E-state index is 0.00471. The van der Waals surface area contributed by atoms with Crippen LogP contribution < -0.4 is 14.2 Å². The van der Waals surface area contributed by atoms with Crippen molar-refractivity contribution in [3.8, 4) is 11.5 Å². The zero-order chi connectivity index (χ0) is 18.7. The highest BCUT2D eigenvalue weighted by molar-refractivity contribution is 8.26. The summed E-state index contributed by atoms with van der Waals surface area (Å²) < 4.78 is 35.7. The van der Waals surface area contributed by atoms with Gasteiger partial charge in [0.05, 0.1) is 12.0 Å². The summed E-state index contributed by atoms with van der Waals surface area (Å²) in [6.45, 7) is 0. The Hall–Kier alpha value is -2.36. The second-order valence-electron chi connectivity index (χ2n) is 5.10. The third-order valence-electron chi connectivity index (χ3n) is 3.40. The smallest absolute Gasteiger partial charge is 0.339 e. The Balaban J connectivity index is 1.91. The standard InChI is InChI=1S/C17H13NO5S3/c1-22-12-6-8-13(9-7-12)26(20,21)23-14-5-3-2-4-11(14)10-15-16(19)18-17(24)25-15/h2-10H,1H3,(H,18,19,24)/b15-10-. The predicted octanol–water partition coefficient (Wildman–Crippen LogP) is 2.95. The molecule has 0 atom stereocenters. The van der Waals surface area contributed by atoms with E-state index in [0.29, 0.717) is 20.5 Å². The maximum atomic E-state index is 12.5. The van der Waals surface area contributed by atoms with Crippen molar-refractivity contribution < 1.29 is 22.1 Å². The van der Waals surface area contributed by atoms with Gasteiger partial charge in [-0.05, 0) is 36.4 Å². The Labute approximate surface area is 160 Å². The van der Waals surface area contributed by atoms with Crippen LogP contribution in [0.1, 0.15) is 5.56 Å². The van der Waals surface area contributed by atoms with Gasteiger partial charge in [0.15, 0.2) is 0 Å². The monoisotopic (exact) mass is 407 g/mol. The summed E-state index contributed by atoms with van der Waals surface area (Å²) in [5.41, 5.74) is 0.451. The molecule has 0 unspecified atom stereocenters. The SMILES string of the molecule is COc1ccc(S(=O)(=O)Oc2ccccc2/C=C2\SC(=S)NC2=O)cc1. The number of thiocarbonyl (C=S) groups is 1. The molecule has 0 bridgehead atoms. The van der Waals surface area contributed by atoms with E-state index in [2.05, 4.69) is 5.32 Å². The van der Waals surface area contributed by atoms with Crippen LogP contribution in [-0.2, 0) is 14.9 Å². The molecule has 134 valence electrons. The van der Waals surface area contributed by atoms with Gasteiger partial charge in [-0.1, -0.05) is 42.2 Å². The van der Waals surface area contributed by atoms with Gasteiger partial charge in [-0.15, -0.1) is 0 Å². The molecule has 1 heterocycles. The molecule has 3 rings (SSSR count). The average molecular weight is 407 g/mol. The van der Waals surface area contributed by atoms with Gasteiger partial charge < -0.3 is 14.2 Å². The van der Waals surface area contributed by atoms with E-state index in [4.69, 9.17) is 21.1 Å². The average Bonchev–Trinajstić information content (AvgIpc) is 2.93. The van der Waals surface area contributed by atoms with E-state index >= 15 is 0 Å². The van der Waals surface area contributed by atoms with E-state index in [0.717, 1.165) is 11.8 Å². The molecule has 1 aliphatic heterocycles. The number of amides is 1. The number of hydrogen-bond acceptors (Lipinski definition) is 7. The minimum Gasteiger partial charge on any atom is -0.497 e. The topological polar surface area (TPSA) is 81.7 Å². The number of hydrogen-bond donors (Lipinski definition) is 1. The molecular formula is C17H13NO5S3. The Morgan fingerprint density at radius 3 is 2.42 bits per heavy atom. The number of methoxy groups -OCH3 is 1. The lowest BCUT2D eigenvalue weighted by Gasteiger charge is -2.10. The number of para-hydroxylation sites is 1. The van der Waals surface area contributed by atoms with Crippen molar-refractivity contribution in [2.24, 2.45) is 0 Å². The van der Waals surface area contributed by atoms with Crippen LogP contribution in [0.5, 0.6) is 11.5 Å². The zero-order valence-corrected chi connectivity index (χ0v) is 15.9. The number of rotatable bonds is 5. The lowest BCUT2D eigenvalue weighted by molar-refractivity contribution is -0.115. The second-order valence-corrected chi connectivity index (χ2v) is 8.37. The van der Waals surface area contributed by atoms with Gasteiger partial charge in [-0.2, -0.15) is 8.42 Å². The Morgan fingerprint density at radius 2 is 1.81 bits per heavy atom. The van der Waals surface area contributed by atoms with Crippen LogP contribution in [0.4, 0.5) is 0 Å². The molecule has 6 nitrogen and oxygen atoms in total. The molecule has 1 fully saturated rings. The fraction of sp³-hybridized carbons (Fsp3) is 0.0588. The van der Waals surface area contributed by atoms with Crippen molar-refractivity contribution >= 4 is 50.4 Å². The molecule has 0 saturated carbocycles. The van der Waals surface area contributed by atoms with Gasteiger partial charge in [-0.25, -0.2) is 0 Å². The van der Waals surface area contributed by atoms with Gasteiger partial charge in [0.2, 0.25) is 0 Å². The quantitative estimate of drug-likeness (QED) is 0.464.